The lowest BCUT2D eigenvalue weighted by Crippen LogP contribution is -2.15. The van der Waals surface area contributed by atoms with Crippen molar-refractivity contribution in [3.63, 3.8) is 0 Å². The van der Waals surface area contributed by atoms with E-state index >= 15 is 0 Å². The van der Waals surface area contributed by atoms with Gasteiger partial charge in [-0.25, -0.2) is 19.4 Å². The Morgan fingerprint density at radius 2 is 1.85 bits per heavy atom. The number of aliphatic carboxylic acids is 1. The predicted molar refractivity (Wildman–Crippen MR) is 112 cm³/mol. The fourth-order valence-corrected chi connectivity index (χ4v) is 3.17. The van der Waals surface area contributed by atoms with Crippen LogP contribution in [0.2, 0.25) is 0 Å². The second-order valence-electron chi connectivity index (χ2n) is 6.11. The van der Waals surface area contributed by atoms with Crippen molar-refractivity contribution in [3.05, 3.63) is 65.5 Å². The van der Waals surface area contributed by atoms with E-state index in [9.17, 15) is 27.6 Å². The SMILES string of the molecule is COC(=O)/C=C(/Nc1ccc(Sc2ccc(C(F)(F)F)cn2)c(C=CC(=O)O)c1)C(=O)OC. The summed E-state index contributed by atoms with van der Waals surface area (Å²) in [7, 11) is 2.25. The average molecular weight is 482 g/mol. The highest BCUT2D eigenvalue weighted by atomic mass is 32.2. The van der Waals surface area contributed by atoms with Crippen molar-refractivity contribution in [2.45, 2.75) is 16.1 Å². The van der Waals surface area contributed by atoms with E-state index in [0.717, 1.165) is 44.2 Å². The van der Waals surface area contributed by atoms with E-state index in [2.05, 4.69) is 19.8 Å². The van der Waals surface area contributed by atoms with Gasteiger partial charge < -0.3 is 19.9 Å². The summed E-state index contributed by atoms with van der Waals surface area (Å²) in [4.78, 5) is 38.7. The minimum Gasteiger partial charge on any atom is -0.478 e. The Labute approximate surface area is 190 Å². The molecule has 0 saturated heterocycles. The minimum atomic E-state index is -4.52. The maximum absolute atomic E-state index is 12.7. The van der Waals surface area contributed by atoms with Crippen molar-refractivity contribution >= 4 is 41.4 Å². The van der Waals surface area contributed by atoms with Crippen molar-refractivity contribution in [2.24, 2.45) is 0 Å². The van der Waals surface area contributed by atoms with Gasteiger partial charge in [0.25, 0.3) is 0 Å². The molecule has 2 rings (SSSR count). The molecular weight excluding hydrogens is 465 g/mol. The van der Waals surface area contributed by atoms with Crippen LogP contribution in [-0.2, 0) is 30.0 Å². The number of alkyl halides is 3. The number of aromatic nitrogens is 1. The van der Waals surface area contributed by atoms with Gasteiger partial charge >= 0.3 is 24.1 Å². The van der Waals surface area contributed by atoms with Crippen molar-refractivity contribution < 1.29 is 42.1 Å². The average Bonchev–Trinajstić information content (AvgIpc) is 2.77. The third kappa shape index (κ3) is 7.68. The summed E-state index contributed by atoms with van der Waals surface area (Å²) < 4.78 is 47.3. The van der Waals surface area contributed by atoms with Crippen LogP contribution in [-0.4, -0.2) is 42.2 Å². The number of benzene rings is 1. The van der Waals surface area contributed by atoms with Crippen molar-refractivity contribution in [3.8, 4) is 0 Å². The molecule has 0 saturated carbocycles. The van der Waals surface area contributed by atoms with Gasteiger partial charge in [-0.15, -0.1) is 0 Å². The van der Waals surface area contributed by atoms with E-state index in [1.54, 1.807) is 6.07 Å². The molecule has 1 aromatic carbocycles. The zero-order chi connectivity index (χ0) is 24.6. The summed E-state index contributed by atoms with van der Waals surface area (Å²) in [6.45, 7) is 0. The van der Waals surface area contributed by atoms with Crippen LogP contribution in [0.5, 0.6) is 0 Å². The van der Waals surface area contributed by atoms with E-state index in [1.165, 1.54) is 24.3 Å². The van der Waals surface area contributed by atoms with Crippen LogP contribution in [0.15, 0.2) is 64.3 Å². The molecule has 33 heavy (non-hydrogen) atoms. The van der Waals surface area contributed by atoms with Gasteiger partial charge in [0.05, 0.1) is 25.9 Å². The number of rotatable bonds is 8. The van der Waals surface area contributed by atoms with E-state index in [1.807, 2.05) is 0 Å². The molecule has 1 aromatic heterocycles. The predicted octanol–water partition coefficient (Wildman–Crippen LogP) is 3.99. The fourth-order valence-electron chi connectivity index (χ4n) is 2.32. The summed E-state index contributed by atoms with van der Waals surface area (Å²) in [6.07, 6.45) is -0.802. The molecule has 0 amide bonds. The molecule has 0 aliphatic carbocycles. The molecular formula is C21H17F3N2O6S. The molecule has 0 aliphatic heterocycles. The lowest BCUT2D eigenvalue weighted by atomic mass is 10.1. The maximum atomic E-state index is 12.7. The highest BCUT2D eigenvalue weighted by Crippen LogP contribution is 2.34. The molecule has 0 fully saturated rings. The van der Waals surface area contributed by atoms with Gasteiger partial charge in [-0.2, -0.15) is 13.2 Å². The fraction of sp³-hybridized carbons (Fsp3) is 0.143. The van der Waals surface area contributed by atoms with Gasteiger partial charge in [0.2, 0.25) is 0 Å². The standard InChI is InChI=1S/C21H17F3N2O6S/c1-31-19(29)10-15(20(30)32-2)26-14-5-6-16(12(9-14)3-8-18(27)28)33-17-7-4-13(11-25-17)21(22,23)24/h3-11,26H,1-2H3,(H,27,28)/b8-3?,15-10+. The molecule has 0 atom stereocenters. The highest BCUT2D eigenvalue weighted by Gasteiger charge is 2.30. The van der Waals surface area contributed by atoms with E-state index < -0.39 is 29.6 Å². The molecule has 8 nitrogen and oxygen atoms in total. The Hall–Kier alpha value is -3.80. The molecule has 2 aromatic rings. The first-order valence-electron chi connectivity index (χ1n) is 8.94. The Morgan fingerprint density at radius 3 is 2.39 bits per heavy atom. The summed E-state index contributed by atoms with van der Waals surface area (Å²) in [5.74, 6) is -2.89. The largest absolute Gasteiger partial charge is 0.478 e. The lowest BCUT2D eigenvalue weighted by molar-refractivity contribution is -0.138. The third-order valence-corrected chi connectivity index (χ3v) is 4.88. The van der Waals surface area contributed by atoms with Crippen LogP contribution in [0.25, 0.3) is 6.08 Å². The van der Waals surface area contributed by atoms with Gasteiger partial charge in [0.15, 0.2) is 0 Å². The molecule has 12 heteroatoms. The molecule has 174 valence electrons. The first-order valence-corrected chi connectivity index (χ1v) is 9.76. The van der Waals surface area contributed by atoms with Crippen LogP contribution in [0.1, 0.15) is 11.1 Å². The first-order chi connectivity index (χ1) is 15.5. The second kappa shape index (κ2) is 11.2. The van der Waals surface area contributed by atoms with Gasteiger partial charge in [0, 0.05) is 22.9 Å². The molecule has 0 unspecified atom stereocenters. The van der Waals surface area contributed by atoms with Gasteiger partial charge in [-0.1, -0.05) is 11.8 Å². The summed E-state index contributed by atoms with van der Waals surface area (Å²) in [6, 6.07) is 6.61. The molecule has 0 radical (unpaired) electrons. The number of ether oxygens (including phenoxy) is 2. The quantitative estimate of drug-likeness (QED) is 0.426. The van der Waals surface area contributed by atoms with Gasteiger partial charge in [0.1, 0.15) is 10.7 Å². The number of methoxy groups -OCH3 is 2. The maximum Gasteiger partial charge on any atom is 0.417 e. The van der Waals surface area contributed by atoms with Crippen LogP contribution in [0.3, 0.4) is 0 Å². The molecule has 1 heterocycles. The monoisotopic (exact) mass is 482 g/mol. The van der Waals surface area contributed by atoms with E-state index in [0.29, 0.717) is 22.3 Å². The molecule has 0 aliphatic rings. The number of esters is 2. The number of hydrogen-bond acceptors (Lipinski definition) is 8. The zero-order valence-electron chi connectivity index (χ0n) is 17.2. The van der Waals surface area contributed by atoms with Gasteiger partial charge in [-0.05, 0) is 42.0 Å². The number of anilines is 1. The van der Waals surface area contributed by atoms with Crippen LogP contribution in [0, 0.1) is 0 Å². The number of carboxylic acids is 1. The van der Waals surface area contributed by atoms with Crippen LogP contribution >= 0.6 is 11.8 Å². The zero-order valence-corrected chi connectivity index (χ0v) is 18.0. The van der Waals surface area contributed by atoms with Crippen molar-refractivity contribution in [2.75, 3.05) is 19.5 Å². The number of carboxylic acid groups (broad SMARTS) is 1. The normalized spacial score (nSPS) is 11.8. The Morgan fingerprint density at radius 1 is 1.12 bits per heavy atom. The number of carbonyl (C=O) groups excluding carboxylic acids is 2. The first kappa shape index (κ1) is 25.5. The minimum absolute atomic E-state index is 0.234. The topological polar surface area (TPSA) is 115 Å². The summed E-state index contributed by atoms with van der Waals surface area (Å²) in [5, 5.41) is 11.9. The Kier molecular flexibility index (Phi) is 8.63. The van der Waals surface area contributed by atoms with Crippen molar-refractivity contribution in [1.29, 1.82) is 0 Å². The number of halogens is 3. The van der Waals surface area contributed by atoms with Crippen LogP contribution in [0.4, 0.5) is 18.9 Å². The second-order valence-corrected chi connectivity index (χ2v) is 7.17. The number of hydrogen-bond donors (Lipinski definition) is 2. The molecule has 0 bridgehead atoms. The Balaban J connectivity index is 2.39. The van der Waals surface area contributed by atoms with Gasteiger partial charge in [-0.3, -0.25) is 0 Å². The smallest absolute Gasteiger partial charge is 0.417 e. The van der Waals surface area contributed by atoms with Crippen molar-refractivity contribution in [1.82, 2.24) is 4.98 Å². The summed E-state index contributed by atoms with van der Waals surface area (Å²) >= 11 is 1.01. The number of nitrogens with one attached hydrogen (secondary N) is 1. The Bertz CT molecular complexity index is 1100. The van der Waals surface area contributed by atoms with E-state index in [4.69, 9.17) is 5.11 Å². The molecule has 2 N–H and O–H groups in total. The number of nitrogens with zero attached hydrogens (tertiary/aromatic N) is 1. The summed E-state index contributed by atoms with van der Waals surface area (Å²) in [5.41, 5.74) is -0.478. The van der Waals surface area contributed by atoms with Crippen LogP contribution < -0.4 is 5.32 Å². The third-order valence-electron chi connectivity index (χ3n) is 3.84. The van der Waals surface area contributed by atoms with E-state index in [-0.39, 0.29) is 10.7 Å². The molecule has 0 spiro atoms. The number of carbonyl (C=O) groups is 3. The highest BCUT2D eigenvalue weighted by molar-refractivity contribution is 7.99. The number of pyridine rings is 1. The lowest BCUT2D eigenvalue weighted by Gasteiger charge is -2.12.